The summed E-state index contributed by atoms with van der Waals surface area (Å²) >= 11 is 7.67. The Hall–Kier alpha value is -7.97. The van der Waals surface area contributed by atoms with Crippen molar-refractivity contribution < 1.29 is 48.1 Å². The van der Waals surface area contributed by atoms with E-state index in [9.17, 15) is 38.7 Å². The number of aliphatic imine (C=N–C) groups is 1. The molecule has 0 radical (unpaired) electrons. The number of amides is 5. The number of aliphatic carboxylic acids is 1. The van der Waals surface area contributed by atoms with Gasteiger partial charge in [0.25, 0.3) is 17.7 Å². The number of likely N-dealkylation sites (tertiary alicyclic amines) is 1. The first-order chi connectivity index (χ1) is 41.1. The van der Waals surface area contributed by atoms with Crippen LogP contribution in [-0.2, 0) is 48.2 Å². The van der Waals surface area contributed by atoms with Gasteiger partial charge in [-0.25, -0.2) is 44.7 Å². The Kier molecular flexibility index (Phi) is 22.4. The molecule has 8 aromatic rings. The molecule has 444 valence electrons. The van der Waals surface area contributed by atoms with Gasteiger partial charge in [0.1, 0.15) is 77.5 Å². The number of carboxylic acid groups (broad SMARTS) is 1. The van der Waals surface area contributed by atoms with E-state index in [2.05, 4.69) is 60.4 Å². The number of aldehydes is 1. The van der Waals surface area contributed by atoms with Gasteiger partial charge in [-0.3, -0.25) is 34.1 Å². The van der Waals surface area contributed by atoms with Gasteiger partial charge in [0, 0.05) is 66.6 Å². The van der Waals surface area contributed by atoms with E-state index in [-0.39, 0.29) is 53.8 Å². The molecule has 10 rings (SSSR count). The molecule has 1 fully saturated rings. The minimum atomic E-state index is -1.05. The van der Waals surface area contributed by atoms with Crippen molar-refractivity contribution in [3.63, 3.8) is 0 Å². The molecule has 3 atom stereocenters. The number of hydrogen-bond donors (Lipinski definition) is 6. The minimum Gasteiger partial charge on any atom is -0.480 e. The summed E-state index contributed by atoms with van der Waals surface area (Å²) in [4.78, 5) is 126. The van der Waals surface area contributed by atoms with Crippen LogP contribution < -0.4 is 26.6 Å². The lowest BCUT2D eigenvalue weighted by Crippen LogP contribution is -2.45. The Labute approximate surface area is 511 Å². The number of nitrogens with one attached hydrogen (secondary N) is 5. The topological polar surface area (TPSA) is 324 Å². The van der Waals surface area contributed by atoms with Gasteiger partial charge >= 0.3 is 5.97 Å². The predicted molar refractivity (Wildman–Crippen MR) is 327 cm³/mol. The zero-order valence-corrected chi connectivity index (χ0v) is 51.6. The SMILES string of the molecule is CCC.CNC(C)=O.CNCc1nc(C(=O)NCC(=O)NC(Cc2ccccc2)c2nc(-c3nc(-c4nc(-c5nc(C6=NC(C(=O)N7CCCC7C(=O)O)CO6)cs5)ccc4-c4nc(C(=O)Nc5nc(C=O)cs5)cs4)cs3)cs2)c(COC)s1. The third-order valence-corrected chi connectivity index (χ3v) is 17.5. The van der Waals surface area contributed by atoms with E-state index in [0.717, 1.165) is 21.9 Å². The predicted octanol–water partition coefficient (Wildman–Crippen LogP) is 7.64. The second-order valence-electron chi connectivity index (χ2n) is 18.6. The first kappa shape index (κ1) is 63.1. The second kappa shape index (κ2) is 30.2. The van der Waals surface area contributed by atoms with Gasteiger partial charge in [-0.1, -0.05) is 50.6 Å². The van der Waals surface area contributed by atoms with Gasteiger partial charge in [0.15, 0.2) is 17.5 Å². The molecule has 9 heterocycles. The van der Waals surface area contributed by atoms with E-state index < -0.39 is 47.7 Å². The third-order valence-electron chi connectivity index (χ3n) is 12.2. The van der Waals surface area contributed by atoms with Gasteiger partial charge in [0.05, 0.1) is 29.8 Å². The molecule has 7 aromatic heterocycles. The summed E-state index contributed by atoms with van der Waals surface area (Å²) in [5.74, 6) is -2.72. The van der Waals surface area contributed by atoms with Crippen molar-refractivity contribution >= 4 is 121 Å². The van der Waals surface area contributed by atoms with E-state index in [1.807, 2.05) is 47.2 Å². The lowest BCUT2D eigenvalue weighted by Gasteiger charge is -2.22. The monoisotopic (exact) mass is 1270 g/mol. The highest BCUT2D eigenvalue weighted by Crippen LogP contribution is 2.39. The molecule has 0 bridgehead atoms. The number of pyridine rings is 1. The minimum absolute atomic E-state index is 0.00463. The first-order valence-electron chi connectivity index (χ1n) is 26.4. The van der Waals surface area contributed by atoms with E-state index in [4.69, 9.17) is 29.4 Å². The van der Waals surface area contributed by atoms with Crippen molar-refractivity contribution in [3.05, 3.63) is 113 Å². The lowest BCUT2D eigenvalue weighted by molar-refractivity contribution is -0.148. The van der Waals surface area contributed by atoms with Crippen molar-refractivity contribution in [2.24, 2.45) is 4.99 Å². The number of rotatable bonds is 21. The van der Waals surface area contributed by atoms with Gasteiger partial charge in [-0.15, -0.1) is 68.0 Å². The lowest BCUT2D eigenvalue weighted by atomic mass is 10.1. The number of anilines is 1. The van der Waals surface area contributed by atoms with E-state index in [1.165, 1.54) is 87.4 Å². The molecular formula is C55H58N14O10S6. The van der Waals surface area contributed by atoms with Crippen molar-refractivity contribution in [3.8, 4) is 43.4 Å². The largest absolute Gasteiger partial charge is 0.480 e. The van der Waals surface area contributed by atoms with Crippen LogP contribution in [0.25, 0.3) is 43.4 Å². The van der Waals surface area contributed by atoms with E-state index in [1.54, 1.807) is 30.9 Å². The number of nitrogens with zero attached hydrogens (tertiary/aromatic N) is 9. The molecule has 85 heavy (non-hydrogen) atoms. The molecule has 0 aliphatic carbocycles. The first-order valence-corrected chi connectivity index (χ1v) is 31.6. The summed E-state index contributed by atoms with van der Waals surface area (Å²) < 4.78 is 11.1. The standard InChI is InChI=1S/C49H43N13O9S6.C3H7NO.C3H8/c1-50-15-37-60-39(35(77-37)18-70-2)41(66)51-14-36(64)53-28(13-24-7-4-3-5-8-24)45-59-33(23-75-45)46-56-30(20-73-46)38-26(43-57-31(21-72-43)40(65)61-49-52-25(16-63)19-76-49)10-11-27(54-38)44-58-32(22-74-44)42-55-29(17-71-42)47(67)62-12-6-9-34(62)48(68)69;1-3(5)4-2;1-3-2/h3-5,7-8,10-11,16,19-23,28-29,34,50H,6,9,12-15,17-18H2,1-2H3,(H,51,66)(H,53,64)(H,68,69)(H,52,61,65);1-2H3,(H,4,5);3H2,1-2H3. The van der Waals surface area contributed by atoms with Crippen molar-refractivity contribution in [2.75, 3.05) is 46.2 Å². The Morgan fingerprint density at radius 1 is 0.824 bits per heavy atom. The van der Waals surface area contributed by atoms with Crippen LogP contribution >= 0.6 is 68.0 Å². The van der Waals surface area contributed by atoms with Crippen LogP contribution in [0.2, 0.25) is 0 Å². The molecule has 30 heteroatoms. The summed E-state index contributed by atoms with van der Waals surface area (Å²) in [6, 6.07) is 10.9. The molecule has 2 aliphatic heterocycles. The molecule has 6 N–H and O–H groups in total. The average molecular weight is 1270 g/mol. The smallest absolute Gasteiger partial charge is 0.326 e. The fourth-order valence-corrected chi connectivity index (χ4v) is 13.2. The normalized spacial score (nSPS) is 14.6. The summed E-state index contributed by atoms with van der Waals surface area (Å²) in [5.41, 5.74) is 4.36. The Morgan fingerprint density at radius 2 is 1.54 bits per heavy atom. The molecule has 2 aliphatic rings. The number of hydrogen-bond acceptors (Lipinski definition) is 24. The van der Waals surface area contributed by atoms with Gasteiger partial charge in [-0.05, 0) is 44.0 Å². The maximum Gasteiger partial charge on any atom is 0.326 e. The fourth-order valence-electron chi connectivity index (χ4n) is 8.23. The highest BCUT2D eigenvalue weighted by molar-refractivity contribution is 7.15. The molecule has 5 amide bonds. The number of benzene rings is 1. The van der Waals surface area contributed by atoms with Gasteiger partial charge in [-0.2, -0.15) is 0 Å². The number of aromatic nitrogens is 7. The van der Waals surface area contributed by atoms with E-state index in [0.29, 0.717) is 97.6 Å². The summed E-state index contributed by atoms with van der Waals surface area (Å²) in [5, 5.41) is 35.2. The maximum absolute atomic E-state index is 13.6. The van der Waals surface area contributed by atoms with Crippen molar-refractivity contribution in [1.82, 2.24) is 61.1 Å². The Morgan fingerprint density at radius 3 is 2.25 bits per heavy atom. The summed E-state index contributed by atoms with van der Waals surface area (Å²) in [6.45, 7) is 6.39. The number of ether oxygens (including phenoxy) is 2. The van der Waals surface area contributed by atoms with Crippen LogP contribution in [0.1, 0.15) is 104 Å². The highest BCUT2D eigenvalue weighted by Gasteiger charge is 2.39. The molecular weight excluding hydrogens is 1210 g/mol. The number of thiazole rings is 6. The van der Waals surface area contributed by atoms with Crippen LogP contribution in [0.4, 0.5) is 5.13 Å². The molecule has 0 saturated carbocycles. The quantitative estimate of drug-likeness (QED) is 0.0376. The highest BCUT2D eigenvalue weighted by atomic mass is 32.1. The van der Waals surface area contributed by atoms with Crippen LogP contribution in [0.15, 0.2) is 74.4 Å². The number of methoxy groups -OCH3 is 1. The average Bonchev–Trinajstić information content (AvgIpc) is 3.34. The molecule has 1 aromatic carbocycles. The number of carbonyl (C=O) groups is 7. The van der Waals surface area contributed by atoms with Crippen LogP contribution in [-0.4, -0.2) is 146 Å². The Balaban J connectivity index is 0.00000111. The molecule has 1 saturated heterocycles. The van der Waals surface area contributed by atoms with Crippen LogP contribution in [0.5, 0.6) is 0 Å². The number of carbonyl (C=O) groups excluding carboxylic acids is 6. The summed E-state index contributed by atoms with van der Waals surface area (Å²) in [7, 11) is 4.93. The molecule has 24 nitrogen and oxygen atoms in total. The second-order valence-corrected chi connectivity index (χ2v) is 24.1. The van der Waals surface area contributed by atoms with Gasteiger partial charge in [0.2, 0.25) is 17.7 Å². The Bertz CT molecular complexity index is 3690. The summed E-state index contributed by atoms with van der Waals surface area (Å²) in [6.07, 6.45) is 3.23. The zero-order valence-electron chi connectivity index (χ0n) is 46.7. The third kappa shape index (κ3) is 16.3. The van der Waals surface area contributed by atoms with Crippen LogP contribution in [0.3, 0.4) is 0 Å². The maximum atomic E-state index is 13.6. The fraction of sp³-hybridized carbons (Fsp3) is 0.327. The number of carboxylic acids is 1. The van der Waals surface area contributed by atoms with Crippen molar-refractivity contribution in [2.45, 2.75) is 77.7 Å². The van der Waals surface area contributed by atoms with Gasteiger partial charge < -0.3 is 40.7 Å². The molecule has 3 unspecified atom stereocenters. The van der Waals surface area contributed by atoms with Crippen molar-refractivity contribution in [1.29, 1.82) is 0 Å². The van der Waals surface area contributed by atoms with Crippen LogP contribution in [0, 0.1) is 0 Å². The zero-order chi connectivity index (χ0) is 60.6. The molecule has 0 spiro atoms. The van der Waals surface area contributed by atoms with E-state index >= 15 is 0 Å².